The van der Waals surface area contributed by atoms with Gasteiger partial charge in [-0.3, -0.25) is 14.6 Å². The van der Waals surface area contributed by atoms with Gasteiger partial charge in [-0.1, -0.05) is 75.8 Å². The van der Waals surface area contributed by atoms with Gasteiger partial charge in [0.25, 0.3) is 5.91 Å². The number of benzene rings is 2. The number of nitrogens with zero attached hydrogens (tertiary/aromatic N) is 4. The molecule has 315 valence electrons. The second kappa shape index (κ2) is 20.1. The van der Waals surface area contributed by atoms with Crippen LogP contribution in [0.15, 0.2) is 90.1 Å². The summed E-state index contributed by atoms with van der Waals surface area (Å²) < 4.78 is 26.4. The number of anilines is 1. The molecule has 3 aromatic rings. The maximum Gasteiger partial charge on any atom is 0.273 e. The summed E-state index contributed by atoms with van der Waals surface area (Å²) in [6.07, 6.45) is 8.29. The van der Waals surface area contributed by atoms with Crippen molar-refractivity contribution in [3.05, 3.63) is 113 Å². The Bertz CT molecular complexity index is 2170. The number of hydrogen-bond donors (Lipinski definition) is 4. The van der Waals surface area contributed by atoms with Crippen LogP contribution in [0.2, 0.25) is 10.8 Å². The molecule has 1 aliphatic heterocycles. The first-order valence-electron chi connectivity index (χ1n) is 19.8. The molecule has 1 unspecified atom stereocenters. The van der Waals surface area contributed by atoms with Gasteiger partial charge >= 0.3 is 0 Å². The number of nitriles is 1. The highest BCUT2D eigenvalue weighted by Gasteiger charge is 2.49. The first kappa shape index (κ1) is 45.5. The second-order valence-corrected chi connectivity index (χ2v) is 16.8. The van der Waals surface area contributed by atoms with Gasteiger partial charge in [0, 0.05) is 53.4 Å². The Morgan fingerprint density at radius 1 is 1.13 bits per heavy atom. The van der Waals surface area contributed by atoms with Crippen LogP contribution in [-0.4, -0.2) is 73.0 Å². The summed E-state index contributed by atoms with van der Waals surface area (Å²) in [5.41, 5.74) is 1.66. The lowest BCUT2D eigenvalue weighted by Crippen LogP contribution is -2.42. The minimum atomic E-state index is -0.958. The van der Waals surface area contributed by atoms with Crippen LogP contribution in [0, 0.1) is 28.5 Å². The van der Waals surface area contributed by atoms with Crippen LogP contribution in [0.25, 0.3) is 0 Å². The number of rotatable bonds is 14. The van der Waals surface area contributed by atoms with Crippen molar-refractivity contribution in [1.82, 2.24) is 20.6 Å². The summed E-state index contributed by atoms with van der Waals surface area (Å²) >= 11 is 6.15. The second-order valence-electron chi connectivity index (χ2n) is 16.4. The lowest BCUT2D eigenvalue weighted by atomic mass is 9.54. The fourth-order valence-corrected chi connectivity index (χ4v) is 8.03. The zero-order valence-electron chi connectivity index (χ0n) is 34.8. The molecule has 1 aromatic heterocycles. The summed E-state index contributed by atoms with van der Waals surface area (Å²) in [7, 11) is 4.61. The topological polar surface area (TPSA) is 184 Å². The zero-order valence-corrected chi connectivity index (χ0v) is 35.6. The molecular formula is C44H52BClFN8O5. The summed E-state index contributed by atoms with van der Waals surface area (Å²) in [4.78, 5) is 48.5. The van der Waals surface area contributed by atoms with Crippen molar-refractivity contribution in [3.8, 4) is 11.8 Å². The third-order valence-corrected chi connectivity index (χ3v) is 11.0. The Morgan fingerprint density at radius 2 is 1.83 bits per heavy atom. The molecule has 60 heavy (non-hydrogen) atoms. The van der Waals surface area contributed by atoms with E-state index in [2.05, 4.69) is 38.6 Å². The monoisotopic (exact) mass is 837 g/mol. The van der Waals surface area contributed by atoms with Crippen molar-refractivity contribution in [2.75, 3.05) is 19.5 Å². The molecule has 2 heterocycles. The lowest BCUT2D eigenvalue weighted by Gasteiger charge is -2.33. The van der Waals surface area contributed by atoms with Crippen LogP contribution in [-0.2, 0) is 14.3 Å². The average molecular weight is 838 g/mol. The Morgan fingerprint density at radius 3 is 2.47 bits per heavy atom. The van der Waals surface area contributed by atoms with Gasteiger partial charge in [0.05, 0.1) is 43.0 Å². The molecule has 1 saturated carbocycles. The predicted octanol–water partition coefficient (Wildman–Crippen LogP) is 6.86. The molecule has 1 saturated heterocycles. The Kier molecular flexibility index (Phi) is 15.3. The maximum absolute atomic E-state index is 15.4. The molecule has 2 aliphatic rings. The van der Waals surface area contributed by atoms with Gasteiger partial charge in [-0.15, -0.1) is 0 Å². The molecular weight excluding hydrogens is 786 g/mol. The lowest BCUT2D eigenvalue weighted by molar-refractivity contribution is -0.118. The molecule has 5 rings (SSSR count). The SMILES string of the molecule is C=C(N=C(OC)c1ccncc1)C(=O)N/C(C)=C/N(N)C1CCC([B]C(=O)c2ccc(NC(=O)[C@@H]3N[C@@H](CC(C)(C)C)C(C#N)[C@H]3c3cccc(Cl)c3F)c(OC)c2)CC1. The van der Waals surface area contributed by atoms with Crippen LogP contribution in [0.1, 0.15) is 87.2 Å². The number of amides is 2. The first-order valence-corrected chi connectivity index (χ1v) is 20.1. The van der Waals surface area contributed by atoms with Gasteiger partial charge in [-0.05, 0) is 67.5 Å². The first-order chi connectivity index (χ1) is 28.5. The minimum Gasteiger partial charge on any atom is -0.495 e. The summed E-state index contributed by atoms with van der Waals surface area (Å²) in [5.74, 6) is 3.75. The number of halogens is 2. The standard InChI is InChI=1S/C44H52BClFN8O5/c1-25(51-41(57)26(2)52-43(60-7)27-17-19-50-20-18-27)24-55(49)30-14-12-29(13-15-30)45-40(56)28-11-16-34(36(21-28)59-6)54-42(58)39-37(31-9-8-10-33(46)38(31)47)32(23-48)35(53-39)22-44(3,4)5/h8-11,16-21,24,29-30,32,35,37,39,53H,2,12-15,22,49H2,1,3-7H3,(H,51,57)(H,54,58)/b25-24+,52-43?/t29?,30?,32?,35-,37+,39+/m0/s1. The summed E-state index contributed by atoms with van der Waals surface area (Å²) in [6, 6.07) is 13.8. The van der Waals surface area contributed by atoms with E-state index in [0.717, 1.165) is 25.7 Å². The molecule has 1 aliphatic carbocycles. The van der Waals surface area contributed by atoms with Crippen LogP contribution >= 0.6 is 11.6 Å². The molecule has 0 bridgehead atoms. The van der Waals surface area contributed by atoms with E-state index < -0.39 is 35.5 Å². The highest BCUT2D eigenvalue weighted by molar-refractivity contribution is 6.78. The number of hydrogen-bond acceptors (Lipinski definition) is 11. The molecule has 0 spiro atoms. The molecule has 16 heteroatoms. The third-order valence-electron chi connectivity index (χ3n) is 10.7. The van der Waals surface area contributed by atoms with E-state index in [-0.39, 0.29) is 56.9 Å². The van der Waals surface area contributed by atoms with Crippen molar-refractivity contribution in [3.63, 3.8) is 0 Å². The van der Waals surface area contributed by atoms with E-state index in [1.807, 2.05) is 20.8 Å². The van der Waals surface area contributed by atoms with Gasteiger partial charge in [-0.2, -0.15) is 5.26 Å². The quantitative estimate of drug-likeness (QED) is 0.0334. The number of aliphatic imine (C=N–C) groups is 1. The number of methoxy groups -OCH3 is 2. The Hall–Kier alpha value is -5.56. The number of hydrazine groups is 1. The summed E-state index contributed by atoms with van der Waals surface area (Å²) in [6.45, 7) is 11.6. The summed E-state index contributed by atoms with van der Waals surface area (Å²) in [5, 5.41) is 20.8. The van der Waals surface area contributed by atoms with Gasteiger partial charge < -0.3 is 35.2 Å². The minimum absolute atomic E-state index is 0.0101. The number of nitrogens with two attached hydrogens (primary N) is 1. The van der Waals surface area contributed by atoms with E-state index in [9.17, 15) is 19.6 Å². The number of pyridine rings is 1. The number of carbonyl (C=O) groups is 3. The molecule has 4 atom stereocenters. The maximum atomic E-state index is 15.4. The highest BCUT2D eigenvalue weighted by atomic mass is 35.5. The average Bonchev–Trinajstić information content (AvgIpc) is 3.57. The normalized spacial score (nSPS) is 21.9. The number of carbonyl (C=O) groups excluding carboxylic acids is 3. The Balaban J connectivity index is 1.18. The van der Waals surface area contributed by atoms with Crippen molar-refractivity contribution >= 4 is 48.0 Å². The number of nitrogens with one attached hydrogen (secondary N) is 3. The van der Waals surface area contributed by atoms with Crippen molar-refractivity contribution < 1.29 is 28.2 Å². The number of ether oxygens (including phenoxy) is 2. The van der Waals surface area contributed by atoms with E-state index in [0.29, 0.717) is 28.9 Å². The Labute approximate surface area is 356 Å². The molecule has 2 amide bonds. The number of aromatic nitrogens is 1. The molecule has 1 radical (unpaired) electrons. The predicted molar refractivity (Wildman–Crippen MR) is 231 cm³/mol. The van der Waals surface area contributed by atoms with E-state index in [1.54, 1.807) is 80.3 Å². The van der Waals surface area contributed by atoms with Crippen LogP contribution in [0.4, 0.5) is 10.1 Å². The van der Waals surface area contributed by atoms with Gasteiger partial charge in [-0.25, -0.2) is 15.2 Å². The highest BCUT2D eigenvalue weighted by Crippen LogP contribution is 2.43. The zero-order chi connectivity index (χ0) is 43.7. The van der Waals surface area contributed by atoms with Gasteiger partial charge in [0.2, 0.25) is 19.1 Å². The van der Waals surface area contributed by atoms with Crippen molar-refractivity contribution in [1.29, 1.82) is 5.26 Å². The van der Waals surface area contributed by atoms with Crippen molar-refractivity contribution in [2.24, 2.45) is 22.2 Å². The van der Waals surface area contributed by atoms with Gasteiger partial charge in [0.15, 0.2) is 0 Å². The number of allylic oxidation sites excluding steroid dienone is 1. The molecule has 5 N–H and O–H groups in total. The third kappa shape index (κ3) is 11.4. The van der Waals surface area contributed by atoms with Crippen LogP contribution in [0.3, 0.4) is 0 Å². The molecule has 2 fully saturated rings. The van der Waals surface area contributed by atoms with Crippen LogP contribution < -0.4 is 26.5 Å². The van der Waals surface area contributed by atoms with Crippen molar-refractivity contribution in [2.45, 2.75) is 89.7 Å². The van der Waals surface area contributed by atoms with Gasteiger partial charge in [0.1, 0.15) is 22.9 Å². The van der Waals surface area contributed by atoms with Crippen LogP contribution in [0.5, 0.6) is 5.75 Å². The fourth-order valence-electron chi connectivity index (χ4n) is 7.84. The van der Waals surface area contributed by atoms with E-state index >= 15 is 4.39 Å². The van der Waals surface area contributed by atoms with E-state index in [1.165, 1.54) is 20.3 Å². The largest absolute Gasteiger partial charge is 0.495 e. The smallest absolute Gasteiger partial charge is 0.273 e. The molecule has 13 nitrogen and oxygen atoms in total. The molecule has 2 aromatic carbocycles. The van der Waals surface area contributed by atoms with E-state index in [4.69, 9.17) is 26.9 Å². The fraction of sp³-hybridized carbons (Fsp3) is 0.409.